The Kier molecular flexibility index (Phi) is 13.3. The Morgan fingerprint density at radius 3 is 1.85 bits per heavy atom. The number of benzene rings is 8. The van der Waals surface area contributed by atoms with Gasteiger partial charge in [-0.3, -0.25) is 0 Å². The quantitative estimate of drug-likeness (QED) is 0.120. The Labute approximate surface area is 388 Å². The van der Waals surface area contributed by atoms with Crippen molar-refractivity contribution < 1.29 is 0 Å². The van der Waals surface area contributed by atoms with Crippen LogP contribution in [0.2, 0.25) is 0 Å². The van der Waals surface area contributed by atoms with E-state index < -0.39 is 0 Å². The van der Waals surface area contributed by atoms with Crippen LogP contribution in [0, 0.1) is 12.3 Å². The molecule has 0 aliphatic heterocycles. The summed E-state index contributed by atoms with van der Waals surface area (Å²) in [6.07, 6.45) is 14.6. The average molecular weight is 846 g/mol. The van der Waals surface area contributed by atoms with Gasteiger partial charge < -0.3 is 5.73 Å². The molecule has 2 aliphatic carbocycles. The zero-order valence-electron chi connectivity index (χ0n) is 39.4. The molecule has 10 rings (SSSR count). The average Bonchev–Trinajstić information content (AvgIpc) is 3.58. The number of aryl methyl sites for hydroxylation is 1. The van der Waals surface area contributed by atoms with Crippen molar-refractivity contribution in [1.29, 1.82) is 0 Å². The molecular weight excluding hydrogens is 783 g/mol. The van der Waals surface area contributed by atoms with Crippen LogP contribution in [0.1, 0.15) is 83.4 Å². The van der Waals surface area contributed by atoms with Crippen LogP contribution < -0.4 is 5.73 Å². The third kappa shape index (κ3) is 8.56. The SMILES string of the molecule is C=CC1=C(/C=C\c2ccc3c4ccccc4c4ccccc4c3c2)C2=C(C=CCC2)C1(C)C.CC.CCC(C)c1c(-c2ccccc2C)ccc(-c2ccc(N)cc2)c1-c1ccccc1. The zero-order valence-corrected chi connectivity index (χ0v) is 39.4. The summed E-state index contributed by atoms with van der Waals surface area (Å²) < 4.78 is 0. The lowest BCUT2D eigenvalue weighted by Gasteiger charge is -2.25. The van der Waals surface area contributed by atoms with Gasteiger partial charge in [-0.25, -0.2) is 0 Å². The molecule has 0 radical (unpaired) electrons. The normalized spacial score (nSPS) is 14.6. The zero-order chi connectivity index (χ0) is 45.7. The standard InChI is InChI=1S/C33H28.C29H29N.C2H6/c1-4-31-29(28-15-9-10-16-32(28)33(31,2)3)20-18-22-17-19-27-25-13-6-5-11-23(25)24-12-7-8-14-26(24)30(27)21-22;1-4-20(2)28-27(25-13-9-8-10-21(25)3)19-18-26(22-14-16-24(30)17-15-22)29(28)23-11-6-5-7-12-23;1-2/h4-8,10-14,16-21H,1,9,15H2,2-3H3;5-20H,4,30H2,1-3H3;1-2H3/b20-18-;;. The highest BCUT2D eigenvalue weighted by molar-refractivity contribution is 6.25. The van der Waals surface area contributed by atoms with E-state index in [1.807, 2.05) is 26.0 Å². The van der Waals surface area contributed by atoms with E-state index in [1.165, 1.54) is 105 Å². The van der Waals surface area contributed by atoms with Gasteiger partial charge in [0.1, 0.15) is 0 Å². The number of anilines is 1. The largest absolute Gasteiger partial charge is 0.399 e. The fraction of sp³-hybridized carbons (Fsp3) is 0.188. The first kappa shape index (κ1) is 44.6. The lowest BCUT2D eigenvalue weighted by Crippen LogP contribution is -2.13. The van der Waals surface area contributed by atoms with Gasteiger partial charge >= 0.3 is 0 Å². The van der Waals surface area contributed by atoms with Crippen molar-refractivity contribution in [3.8, 4) is 33.4 Å². The van der Waals surface area contributed by atoms with Gasteiger partial charge in [-0.05, 0) is 155 Å². The summed E-state index contributed by atoms with van der Waals surface area (Å²) in [7, 11) is 0. The Morgan fingerprint density at radius 2 is 1.22 bits per heavy atom. The second kappa shape index (κ2) is 19.4. The highest BCUT2D eigenvalue weighted by Gasteiger charge is 2.36. The molecule has 324 valence electrons. The van der Waals surface area contributed by atoms with Crippen LogP contribution in [0.5, 0.6) is 0 Å². The van der Waals surface area contributed by atoms with Crippen LogP contribution >= 0.6 is 0 Å². The summed E-state index contributed by atoms with van der Waals surface area (Å²) in [4.78, 5) is 0. The molecule has 0 fully saturated rings. The number of nitrogens with two attached hydrogens (primary N) is 1. The molecule has 0 aromatic heterocycles. The Bertz CT molecular complexity index is 3110. The molecule has 1 atom stereocenters. The second-order valence-electron chi connectivity index (χ2n) is 17.8. The predicted molar refractivity (Wildman–Crippen MR) is 286 cm³/mol. The molecule has 0 saturated carbocycles. The van der Waals surface area contributed by atoms with Crippen molar-refractivity contribution in [2.45, 2.75) is 73.6 Å². The molecule has 2 N–H and O–H groups in total. The van der Waals surface area contributed by atoms with E-state index in [0.29, 0.717) is 5.92 Å². The molecule has 0 heterocycles. The summed E-state index contributed by atoms with van der Waals surface area (Å²) in [5, 5.41) is 7.91. The minimum absolute atomic E-state index is 0.0200. The van der Waals surface area contributed by atoms with Crippen molar-refractivity contribution in [2.75, 3.05) is 5.73 Å². The molecule has 1 unspecified atom stereocenters. The minimum atomic E-state index is 0.0200. The van der Waals surface area contributed by atoms with Crippen molar-refractivity contribution in [3.05, 3.63) is 228 Å². The van der Waals surface area contributed by atoms with E-state index in [9.17, 15) is 0 Å². The van der Waals surface area contributed by atoms with E-state index in [1.54, 1.807) is 0 Å². The van der Waals surface area contributed by atoms with Crippen LogP contribution in [-0.4, -0.2) is 0 Å². The predicted octanol–water partition coefficient (Wildman–Crippen LogP) is 18.4. The maximum Gasteiger partial charge on any atom is 0.0314 e. The van der Waals surface area contributed by atoms with Crippen molar-refractivity contribution in [1.82, 2.24) is 0 Å². The van der Waals surface area contributed by atoms with Gasteiger partial charge in [-0.1, -0.05) is 218 Å². The Hall–Kier alpha value is -6.96. The third-order valence-corrected chi connectivity index (χ3v) is 13.6. The topological polar surface area (TPSA) is 26.0 Å². The third-order valence-electron chi connectivity index (χ3n) is 13.6. The van der Waals surface area contributed by atoms with E-state index in [-0.39, 0.29) is 5.41 Å². The van der Waals surface area contributed by atoms with Crippen molar-refractivity contribution in [2.24, 2.45) is 5.41 Å². The molecular formula is C64H63N. The molecule has 0 spiro atoms. The summed E-state index contributed by atoms with van der Waals surface area (Å²) in [6, 6.07) is 56.7. The summed E-state index contributed by atoms with van der Waals surface area (Å²) in [6.45, 7) is 19.6. The van der Waals surface area contributed by atoms with Gasteiger partial charge in [0.25, 0.3) is 0 Å². The first-order valence-electron chi connectivity index (χ1n) is 23.6. The molecule has 0 bridgehead atoms. The van der Waals surface area contributed by atoms with Crippen molar-refractivity contribution in [3.63, 3.8) is 0 Å². The van der Waals surface area contributed by atoms with Gasteiger partial charge in [-0.15, -0.1) is 0 Å². The summed E-state index contributed by atoms with van der Waals surface area (Å²) >= 11 is 0. The Balaban J connectivity index is 0.000000172. The lowest BCUT2D eigenvalue weighted by atomic mass is 9.79. The van der Waals surface area contributed by atoms with Gasteiger partial charge in [0, 0.05) is 11.1 Å². The van der Waals surface area contributed by atoms with E-state index in [2.05, 4.69) is 217 Å². The van der Waals surface area contributed by atoms with E-state index >= 15 is 0 Å². The number of rotatable bonds is 8. The smallest absolute Gasteiger partial charge is 0.0314 e. The van der Waals surface area contributed by atoms with Gasteiger partial charge in [0.15, 0.2) is 0 Å². The number of allylic oxidation sites excluding steroid dienone is 8. The minimum Gasteiger partial charge on any atom is -0.399 e. The molecule has 0 amide bonds. The summed E-state index contributed by atoms with van der Waals surface area (Å²) in [5.41, 5.74) is 24.1. The highest BCUT2D eigenvalue weighted by Crippen LogP contribution is 2.51. The van der Waals surface area contributed by atoms with E-state index in [4.69, 9.17) is 5.73 Å². The maximum atomic E-state index is 5.97. The Morgan fingerprint density at radius 1 is 0.631 bits per heavy atom. The van der Waals surface area contributed by atoms with Gasteiger partial charge in [0.05, 0.1) is 0 Å². The first-order valence-corrected chi connectivity index (χ1v) is 23.6. The van der Waals surface area contributed by atoms with Crippen LogP contribution in [0.3, 0.4) is 0 Å². The van der Waals surface area contributed by atoms with Gasteiger partial charge in [-0.2, -0.15) is 0 Å². The summed E-state index contributed by atoms with van der Waals surface area (Å²) in [5.74, 6) is 0.434. The highest BCUT2D eigenvalue weighted by atomic mass is 14.5. The lowest BCUT2D eigenvalue weighted by molar-refractivity contribution is 0.572. The molecule has 65 heavy (non-hydrogen) atoms. The molecule has 8 aromatic carbocycles. The second-order valence-corrected chi connectivity index (χ2v) is 17.8. The maximum absolute atomic E-state index is 5.97. The first-order chi connectivity index (χ1) is 31.7. The van der Waals surface area contributed by atoms with Crippen LogP contribution in [-0.2, 0) is 0 Å². The van der Waals surface area contributed by atoms with Crippen LogP contribution in [0.15, 0.2) is 211 Å². The van der Waals surface area contributed by atoms with E-state index in [0.717, 1.165) is 24.9 Å². The van der Waals surface area contributed by atoms with Crippen LogP contribution in [0.4, 0.5) is 5.69 Å². The van der Waals surface area contributed by atoms with Crippen molar-refractivity contribution >= 4 is 44.1 Å². The fourth-order valence-corrected chi connectivity index (χ4v) is 10.2. The number of nitrogen functional groups attached to an aromatic ring is 1. The molecule has 1 nitrogen and oxygen atoms in total. The molecule has 2 aliphatic rings. The molecule has 0 saturated heterocycles. The molecule has 1 heteroatoms. The number of fused-ring (bicyclic) bond motifs is 6. The molecule has 8 aromatic rings. The monoisotopic (exact) mass is 845 g/mol. The van der Waals surface area contributed by atoms with Gasteiger partial charge in [0.2, 0.25) is 0 Å². The number of hydrogen-bond acceptors (Lipinski definition) is 1. The fourth-order valence-electron chi connectivity index (χ4n) is 10.2. The van der Waals surface area contributed by atoms with Crippen LogP contribution in [0.25, 0.3) is 71.8 Å². The number of hydrogen-bond donors (Lipinski definition) is 1.